The molecule has 0 aliphatic carbocycles. The molecule has 0 fully saturated rings. The van der Waals surface area contributed by atoms with Crippen LogP contribution in [0.2, 0.25) is 0 Å². The molecule has 4 rings (SSSR count). The molecule has 28 heavy (non-hydrogen) atoms. The fourth-order valence-electron chi connectivity index (χ4n) is 3.38. The van der Waals surface area contributed by atoms with Crippen molar-refractivity contribution in [1.82, 2.24) is 19.6 Å². The first kappa shape index (κ1) is 18.0. The third-order valence-corrected chi connectivity index (χ3v) is 4.81. The summed E-state index contributed by atoms with van der Waals surface area (Å²) >= 11 is 0. The molecule has 0 radical (unpaired) electrons. The molecule has 1 N–H and O–H groups in total. The molecule has 1 aliphatic rings. The molecule has 144 valence electrons. The molecule has 0 atom stereocenters. The number of imidazole rings is 1. The second kappa shape index (κ2) is 8.12. The van der Waals surface area contributed by atoms with E-state index >= 15 is 0 Å². The third kappa shape index (κ3) is 3.83. The van der Waals surface area contributed by atoms with Crippen LogP contribution in [-0.2, 0) is 17.9 Å². The highest BCUT2D eigenvalue weighted by Gasteiger charge is 2.26. The minimum absolute atomic E-state index is 0.00132. The van der Waals surface area contributed by atoms with Crippen molar-refractivity contribution < 1.29 is 14.3 Å². The normalized spacial score (nSPS) is 13.0. The van der Waals surface area contributed by atoms with E-state index < -0.39 is 6.09 Å². The predicted molar refractivity (Wildman–Crippen MR) is 104 cm³/mol. The summed E-state index contributed by atoms with van der Waals surface area (Å²) in [6.45, 7) is 1.99. The number of nitrogens with one attached hydrogen (secondary N) is 1. The Labute approximate surface area is 162 Å². The van der Waals surface area contributed by atoms with Gasteiger partial charge in [-0.25, -0.2) is 9.78 Å². The largest absolute Gasteiger partial charge is 0.445 e. The second-order valence-corrected chi connectivity index (χ2v) is 6.78. The Morgan fingerprint density at radius 2 is 1.96 bits per heavy atom. The van der Waals surface area contributed by atoms with Crippen LogP contribution in [0, 0.1) is 0 Å². The summed E-state index contributed by atoms with van der Waals surface area (Å²) in [6.07, 6.45) is 2.79. The van der Waals surface area contributed by atoms with Gasteiger partial charge in [0.05, 0.1) is 12.7 Å². The van der Waals surface area contributed by atoms with E-state index in [9.17, 15) is 9.59 Å². The molecule has 3 heterocycles. The van der Waals surface area contributed by atoms with Gasteiger partial charge in [0.1, 0.15) is 17.9 Å². The zero-order valence-corrected chi connectivity index (χ0v) is 15.5. The molecule has 2 amide bonds. The van der Waals surface area contributed by atoms with Gasteiger partial charge >= 0.3 is 6.09 Å². The molecule has 0 saturated carbocycles. The Bertz CT molecular complexity index is 984. The zero-order valence-electron chi connectivity index (χ0n) is 15.5. The van der Waals surface area contributed by atoms with E-state index in [1.165, 1.54) is 0 Å². The molecule has 1 aliphatic heterocycles. The predicted octanol–water partition coefficient (Wildman–Crippen LogP) is 3.00. The van der Waals surface area contributed by atoms with Crippen LogP contribution < -0.4 is 5.32 Å². The monoisotopic (exact) mass is 378 g/mol. The van der Waals surface area contributed by atoms with Gasteiger partial charge in [-0.3, -0.25) is 9.20 Å². The fourth-order valence-corrected chi connectivity index (χ4v) is 3.38. The average molecular weight is 378 g/mol. The Morgan fingerprint density at radius 1 is 1.11 bits per heavy atom. The lowest BCUT2D eigenvalue weighted by atomic mass is 10.2. The first-order valence-electron chi connectivity index (χ1n) is 9.41. The summed E-state index contributed by atoms with van der Waals surface area (Å²) in [7, 11) is 0. The first-order chi connectivity index (χ1) is 13.7. The highest BCUT2D eigenvalue weighted by molar-refractivity contribution is 5.94. The Kier molecular flexibility index (Phi) is 5.23. The molecule has 2 aromatic heterocycles. The number of amides is 2. The SMILES string of the molecule is O=C(NCCCCN1Cc2cccc3ncc(n23)C1=O)OCc1ccccc1. The molecule has 7 nitrogen and oxygen atoms in total. The minimum Gasteiger partial charge on any atom is -0.445 e. The smallest absolute Gasteiger partial charge is 0.407 e. The number of benzene rings is 1. The molecule has 0 spiro atoms. The van der Waals surface area contributed by atoms with Crippen molar-refractivity contribution in [1.29, 1.82) is 0 Å². The zero-order chi connectivity index (χ0) is 19.3. The number of carbonyl (C=O) groups is 2. The van der Waals surface area contributed by atoms with Gasteiger partial charge in [0.2, 0.25) is 0 Å². The van der Waals surface area contributed by atoms with Crippen molar-refractivity contribution in [3.63, 3.8) is 0 Å². The van der Waals surface area contributed by atoms with Crippen LogP contribution in [0.1, 0.15) is 34.6 Å². The van der Waals surface area contributed by atoms with Gasteiger partial charge in [-0.2, -0.15) is 0 Å². The summed E-state index contributed by atoms with van der Waals surface area (Å²) < 4.78 is 7.10. The molecule has 1 aromatic carbocycles. The standard InChI is InChI=1S/C21H22N4O3/c26-20-18-13-23-19-10-6-9-17(25(18)19)14-24(20)12-5-4-11-22-21(27)28-15-16-7-2-1-3-8-16/h1-3,6-10,13H,4-5,11-12,14-15H2,(H,22,27). The van der Waals surface area contributed by atoms with E-state index in [0.717, 1.165) is 29.7 Å². The molecule has 3 aromatic rings. The van der Waals surface area contributed by atoms with Gasteiger partial charge in [-0.15, -0.1) is 0 Å². The van der Waals surface area contributed by atoms with E-state index in [2.05, 4.69) is 10.3 Å². The lowest BCUT2D eigenvalue weighted by Gasteiger charge is -2.27. The van der Waals surface area contributed by atoms with Crippen molar-refractivity contribution in [2.24, 2.45) is 0 Å². The lowest BCUT2D eigenvalue weighted by Crippen LogP contribution is -2.37. The highest BCUT2D eigenvalue weighted by Crippen LogP contribution is 2.20. The number of aromatic nitrogens is 2. The maximum Gasteiger partial charge on any atom is 0.407 e. The van der Waals surface area contributed by atoms with E-state index in [1.807, 2.05) is 57.8 Å². The van der Waals surface area contributed by atoms with Crippen molar-refractivity contribution in [3.05, 3.63) is 71.7 Å². The van der Waals surface area contributed by atoms with Crippen molar-refractivity contribution >= 4 is 17.6 Å². The van der Waals surface area contributed by atoms with E-state index in [4.69, 9.17) is 4.74 Å². The van der Waals surface area contributed by atoms with Crippen LogP contribution in [0.5, 0.6) is 0 Å². The third-order valence-electron chi connectivity index (χ3n) is 4.81. The van der Waals surface area contributed by atoms with Crippen LogP contribution in [0.3, 0.4) is 0 Å². The van der Waals surface area contributed by atoms with Crippen LogP contribution in [0.25, 0.3) is 5.65 Å². The number of hydrogen-bond donors (Lipinski definition) is 1. The van der Waals surface area contributed by atoms with E-state index in [1.54, 1.807) is 6.20 Å². The molecule has 0 unspecified atom stereocenters. The number of alkyl carbamates (subject to hydrolysis) is 1. The van der Waals surface area contributed by atoms with Crippen LogP contribution in [0.15, 0.2) is 54.7 Å². The topological polar surface area (TPSA) is 75.9 Å². The van der Waals surface area contributed by atoms with E-state index in [0.29, 0.717) is 25.3 Å². The summed E-state index contributed by atoms with van der Waals surface area (Å²) in [6, 6.07) is 15.4. The summed E-state index contributed by atoms with van der Waals surface area (Å²) in [5.74, 6) is 0.00132. The maximum absolute atomic E-state index is 12.6. The van der Waals surface area contributed by atoms with Crippen molar-refractivity contribution in [2.75, 3.05) is 13.1 Å². The Hall–Kier alpha value is -3.35. The molecule has 0 bridgehead atoms. The van der Waals surface area contributed by atoms with Gasteiger partial charge in [0.15, 0.2) is 0 Å². The summed E-state index contributed by atoms with van der Waals surface area (Å²) in [5, 5.41) is 2.75. The number of nitrogens with zero attached hydrogens (tertiary/aromatic N) is 3. The number of rotatable bonds is 7. The number of pyridine rings is 1. The van der Waals surface area contributed by atoms with Gasteiger partial charge in [0, 0.05) is 18.8 Å². The Morgan fingerprint density at radius 3 is 2.82 bits per heavy atom. The van der Waals surface area contributed by atoms with Crippen LogP contribution in [-0.4, -0.2) is 39.4 Å². The summed E-state index contributed by atoms with van der Waals surface area (Å²) in [5.41, 5.74) is 3.43. The van der Waals surface area contributed by atoms with Crippen LogP contribution in [0.4, 0.5) is 4.79 Å². The quantitative estimate of drug-likeness (QED) is 0.641. The summed E-state index contributed by atoms with van der Waals surface area (Å²) in [4.78, 5) is 30.5. The number of unbranched alkanes of at least 4 members (excludes halogenated alkanes) is 1. The highest BCUT2D eigenvalue weighted by atomic mass is 16.5. The molecular weight excluding hydrogens is 356 g/mol. The first-order valence-corrected chi connectivity index (χ1v) is 9.41. The van der Waals surface area contributed by atoms with Gasteiger partial charge in [0.25, 0.3) is 5.91 Å². The fraction of sp³-hybridized carbons (Fsp3) is 0.286. The van der Waals surface area contributed by atoms with Crippen molar-refractivity contribution in [2.45, 2.75) is 26.0 Å². The molecule has 7 heteroatoms. The maximum atomic E-state index is 12.6. The Balaban J connectivity index is 1.19. The number of carbonyl (C=O) groups excluding carboxylic acids is 2. The second-order valence-electron chi connectivity index (χ2n) is 6.78. The van der Waals surface area contributed by atoms with Crippen LogP contribution >= 0.6 is 0 Å². The number of ether oxygens (including phenoxy) is 1. The molecular formula is C21H22N4O3. The minimum atomic E-state index is -0.423. The van der Waals surface area contributed by atoms with Gasteiger partial charge in [-0.1, -0.05) is 36.4 Å². The van der Waals surface area contributed by atoms with Gasteiger partial charge in [-0.05, 0) is 30.5 Å². The van der Waals surface area contributed by atoms with Crippen molar-refractivity contribution in [3.8, 4) is 0 Å². The van der Waals surface area contributed by atoms with E-state index in [-0.39, 0.29) is 12.5 Å². The lowest BCUT2D eigenvalue weighted by molar-refractivity contribution is 0.0711. The average Bonchev–Trinajstić information content (AvgIpc) is 3.16. The molecule has 0 saturated heterocycles. The van der Waals surface area contributed by atoms with Gasteiger partial charge < -0.3 is 15.0 Å². The number of hydrogen-bond acceptors (Lipinski definition) is 4.